The zero-order chi connectivity index (χ0) is 24.1. The van der Waals surface area contributed by atoms with E-state index >= 15 is 0 Å². The lowest BCUT2D eigenvalue weighted by molar-refractivity contribution is -0.192. The van der Waals surface area contributed by atoms with E-state index in [9.17, 15) is 31.1 Å². The molecule has 32 heavy (non-hydrogen) atoms. The normalized spacial score (nSPS) is 10.8. The first-order valence-electron chi connectivity index (χ1n) is 8.34. The Hall–Kier alpha value is -3.97. The van der Waals surface area contributed by atoms with Gasteiger partial charge in [0.05, 0.1) is 12.8 Å². The summed E-state index contributed by atoms with van der Waals surface area (Å²) in [6.45, 7) is 0.0502. The van der Waals surface area contributed by atoms with E-state index in [2.05, 4.69) is 10.4 Å². The van der Waals surface area contributed by atoms with Crippen LogP contribution in [0.15, 0.2) is 45.6 Å². The second-order valence-corrected chi connectivity index (χ2v) is 5.83. The Morgan fingerprint density at radius 1 is 1.19 bits per heavy atom. The number of aromatic nitrogens is 2. The minimum absolute atomic E-state index is 0.0502. The number of hydrogen-bond acceptors (Lipinski definition) is 6. The maximum Gasteiger partial charge on any atom is 0.490 e. The molecule has 0 saturated carbocycles. The SMILES string of the molecule is COc1nn(-c2cccc(NCc3cc(F)c(F)c(F)c3)c2)c(=O)o1.O=C(O)C(F)(F)F. The minimum Gasteiger partial charge on any atom is -0.475 e. The Morgan fingerprint density at radius 3 is 2.28 bits per heavy atom. The fraction of sp³-hybridized carbons (Fsp3) is 0.167. The first kappa shape index (κ1) is 24.3. The Kier molecular flexibility index (Phi) is 7.51. The van der Waals surface area contributed by atoms with E-state index in [-0.39, 0.29) is 18.2 Å². The molecular weight excluding hydrogens is 452 g/mol. The van der Waals surface area contributed by atoms with Crippen molar-refractivity contribution in [2.45, 2.75) is 12.7 Å². The lowest BCUT2D eigenvalue weighted by Crippen LogP contribution is -2.21. The predicted molar refractivity (Wildman–Crippen MR) is 96.0 cm³/mol. The van der Waals surface area contributed by atoms with Crippen LogP contribution < -0.4 is 15.8 Å². The second-order valence-electron chi connectivity index (χ2n) is 5.83. The minimum atomic E-state index is -5.08. The van der Waals surface area contributed by atoms with E-state index in [1.54, 1.807) is 24.3 Å². The summed E-state index contributed by atoms with van der Waals surface area (Å²) in [5, 5.41) is 13.9. The average molecular weight is 465 g/mol. The molecule has 0 amide bonds. The van der Waals surface area contributed by atoms with Crippen LogP contribution in [0.2, 0.25) is 0 Å². The average Bonchev–Trinajstić information content (AvgIpc) is 3.11. The summed E-state index contributed by atoms with van der Waals surface area (Å²) in [5.41, 5.74) is 1.18. The van der Waals surface area contributed by atoms with E-state index in [1.807, 2.05) is 0 Å². The molecule has 1 aromatic heterocycles. The van der Waals surface area contributed by atoms with Gasteiger partial charge in [-0.1, -0.05) is 11.2 Å². The Bertz CT molecular complexity index is 1140. The molecule has 0 bridgehead atoms. The van der Waals surface area contributed by atoms with Crippen molar-refractivity contribution in [3.8, 4) is 11.8 Å². The molecule has 172 valence electrons. The highest BCUT2D eigenvalue weighted by molar-refractivity contribution is 5.73. The number of nitrogens with zero attached hydrogens (tertiary/aromatic N) is 2. The summed E-state index contributed by atoms with van der Waals surface area (Å²) >= 11 is 0. The molecule has 14 heteroatoms. The zero-order valence-electron chi connectivity index (χ0n) is 15.9. The third kappa shape index (κ3) is 6.26. The van der Waals surface area contributed by atoms with Gasteiger partial charge in [0.1, 0.15) is 0 Å². The van der Waals surface area contributed by atoms with Crippen molar-refractivity contribution in [2.24, 2.45) is 0 Å². The molecule has 0 aliphatic rings. The summed E-state index contributed by atoms with van der Waals surface area (Å²) in [6.07, 6.45) is -5.26. The number of anilines is 1. The summed E-state index contributed by atoms with van der Waals surface area (Å²) < 4.78 is 81.6. The van der Waals surface area contributed by atoms with Gasteiger partial charge in [0.2, 0.25) is 0 Å². The van der Waals surface area contributed by atoms with E-state index in [0.717, 1.165) is 16.8 Å². The van der Waals surface area contributed by atoms with Crippen LogP contribution in [0.25, 0.3) is 5.69 Å². The van der Waals surface area contributed by atoms with Crippen molar-refractivity contribution in [3.63, 3.8) is 0 Å². The number of carbonyl (C=O) groups is 1. The van der Waals surface area contributed by atoms with Crippen LogP contribution in [0.1, 0.15) is 5.56 Å². The van der Waals surface area contributed by atoms with Gasteiger partial charge in [-0.25, -0.2) is 22.8 Å². The monoisotopic (exact) mass is 465 g/mol. The first-order chi connectivity index (χ1) is 14.9. The van der Waals surface area contributed by atoms with E-state index in [1.165, 1.54) is 7.11 Å². The Morgan fingerprint density at radius 2 is 1.78 bits per heavy atom. The third-order valence-corrected chi connectivity index (χ3v) is 3.58. The fourth-order valence-corrected chi connectivity index (χ4v) is 2.17. The maximum absolute atomic E-state index is 13.2. The number of methoxy groups -OCH3 is 1. The molecule has 0 fully saturated rings. The van der Waals surface area contributed by atoms with Crippen molar-refractivity contribution in [1.82, 2.24) is 9.78 Å². The molecule has 0 aliphatic carbocycles. The molecule has 1 heterocycles. The molecule has 0 radical (unpaired) electrons. The van der Waals surface area contributed by atoms with E-state index < -0.39 is 35.4 Å². The number of alkyl halides is 3. The molecule has 0 unspecified atom stereocenters. The van der Waals surface area contributed by atoms with Gasteiger partial charge in [-0.15, -0.1) is 0 Å². The summed E-state index contributed by atoms with van der Waals surface area (Å²) in [4.78, 5) is 20.6. The maximum atomic E-state index is 13.2. The second kappa shape index (κ2) is 9.89. The van der Waals surface area contributed by atoms with Crippen molar-refractivity contribution in [1.29, 1.82) is 0 Å². The molecule has 0 saturated heterocycles. The molecule has 2 N–H and O–H groups in total. The van der Waals surface area contributed by atoms with Gasteiger partial charge >= 0.3 is 24.0 Å². The number of rotatable bonds is 5. The largest absolute Gasteiger partial charge is 0.490 e. The van der Waals surface area contributed by atoms with Crippen molar-refractivity contribution >= 4 is 11.7 Å². The lowest BCUT2D eigenvalue weighted by atomic mass is 10.2. The smallest absolute Gasteiger partial charge is 0.475 e. The number of nitrogens with one attached hydrogen (secondary N) is 1. The Labute approximate surface area is 174 Å². The molecule has 8 nitrogen and oxygen atoms in total. The van der Waals surface area contributed by atoms with Gasteiger partial charge in [0.25, 0.3) is 0 Å². The van der Waals surface area contributed by atoms with Crippen LogP contribution in [0.4, 0.5) is 32.0 Å². The van der Waals surface area contributed by atoms with E-state index in [4.69, 9.17) is 19.1 Å². The highest BCUT2D eigenvalue weighted by Crippen LogP contribution is 2.18. The third-order valence-electron chi connectivity index (χ3n) is 3.58. The molecule has 3 aromatic rings. The van der Waals surface area contributed by atoms with Crippen molar-refractivity contribution < 1.29 is 45.4 Å². The molecule has 0 spiro atoms. The van der Waals surface area contributed by atoms with Gasteiger partial charge in [0, 0.05) is 12.2 Å². The zero-order valence-corrected chi connectivity index (χ0v) is 15.9. The van der Waals surface area contributed by atoms with Crippen LogP contribution in [0.5, 0.6) is 6.08 Å². The molecule has 3 rings (SSSR count). The van der Waals surface area contributed by atoms with Crippen LogP contribution in [0.3, 0.4) is 0 Å². The van der Waals surface area contributed by atoms with E-state index in [0.29, 0.717) is 11.4 Å². The number of ether oxygens (including phenoxy) is 1. The number of hydrogen-bond donors (Lipinski definition) is 2. The summed E-state index contributed by atoms with van der Waals surface area (Å²) in [7, 11) is 1.31. The topological polar surface area (TPSA) is 107 Å². The first-order valence-corrected chi connectivity index (χ1v) is 8.34. The number of aliphatic carboxylic acids is 1. The molecular formula is C18H13F6N3O5. The predicted octanol–water partition coefficient (Wildman–Crippen LogP) is 3.50. The number of carboxylic acids is 1. The number of benzene rings is 2. The van der Waals surface area contributed by atoms with Gasteiger partial charge in [-0.05, 0) is 35.9 Å². The molecule has 0 aliphatic heterocycles. The fourth-order valence-electron chi connectivity index (χ4n) is 2.17. The van der Waals surface area contributed by atoms with Crippen LogP contribution in [0, 0.1) is 17.5 Å². The highest BCUT2D eigenvalue weighted by atomic mass is 19.4. The van der Waals surface area contributed by atoms with Crippen LogP contribution in [-0.4, -0.2) is 34.1 Å². The van der Waals surface area contributed by atoms with Gasteiger partial charge < -0.3 is 19.6 Å². The van der Waals surface area contributed by atoms with Crippen molar-refractivity contribution in [3.05, 3.63) is 70.0 Å². The van der Waals surface area contributed by atoms with Crippen LogP contribution in [-0.2, 0) is 11.3 Å². The lowest BCUT2D eigenvalue weighted by Gasteiger charge is -2.09. The Balaban J connectivity index is 0.000000451. The number of halogens is 6. The standard InChI is InChI=1S/C16H12F3N3O3.C2HF3O2/c1-24-15-21-22(16(23)25-15)11-4-2-3-10(7-11)20-8-9-5-12(17)14(19)13(18)6-9;3-2(4,5)1(6)7/h2-7,20H,8H2,1H3;(H,6,7). The van der Waals surface area contributed by atoms with Gasteiger partial charge in [-0.3, -0.25) is 0 Å². The molecule has 2 aromatic carbocycles. The summed E-state index contributed by atoms with van der Waals surface area (Å²) in [5.74, 6) is -7.51. The highest BCUT2D eigenvalue weighted by Gasteiger charge is 2.38. The quantitative estimate of drug-likeness (QED) is 0.439. The van der Waals surface area contributed by atoms with Gasteiger partial charge in [-0.2, -0.15) is 17.9 Å². The van der Waals surface area contributed by atoms with Gasteiger partial charge in [0.15, 0.2) is 17.5 Å². The van der Waals surface area contributed by atoms with Crippen LogP contribution >= 0.6 is 0 Å². The molecule has 0 atom stereocenters. The van der Waals surface area contributed by atoms with Crippen molar-refractivity contribution in [2.75, 3.05) is 12.4 Å². The summed E-state index contributed by atoms with van der Waals surface area (Å²) in [6, 6.07) is 8.34. The number of carboxylic acid groups (broad SMARTS) is 1.